The molecule has 0 saturated heterocycles. The van der Waals surface area contributed by atoms with Crippen LogP contribution in [-0.2, 0) is 4.74 Å². The highest BCUT2D eigenvalue weighted by Crippen LogP contribution is 2.14. The molecule has 0 bridgehead atoms. The van der Waals surface area contributed by atoms with Crippen LogP contribution in [-0.4, -0.2) is 24.8 Å². The Bertz CT molecular complexity index is 441. The fraction of sp³-hybridized carbons (Fsp3) is 0.562. The molecule has 0 aliphatic carbocycles. The SMILES string of the molecule is CC(C)(C)OC(=O)NCCCCCOc1cccc(N)c1. The van der Waals surface area contributed by atoms with Crippen LogP contribution in [0.1, 0.15) is 40.0 Å². The number of hydrogen-bond acceptors (Lipinski definition) is 4. The van der Waals surface area contributed by atoms with Gasteiger partial charge in [0.05, 0.1) is 6.61 Å². The van der Waals surface area contributed by atoms with E-state index in [0.717, 1.165) is 25.0 Å². The average molecular weight is 294 g/mol. The number of rotatable bonds is 7. The van der Waals surface area contributed by atoms with Crippen LogP contribution in [0.3, 0.4) is 0 Å². The number of nitrogens with two attached hydrogens (primary N) is 1. The Labute approximate surface area is 126 Å². The maximum Gasteiger partial charge on any atom is 0.407 e. The second-order valence-electron chi connectivity index (χ2n) is 5.91. The van der Waals surface area contributed by atoms with E-state index in [1.165, 1.54) is 0 Å². The molecule has 0 heterocycles. The number of ether oxygens (including phenoxy) is 2. The molecule has 0 saturated carbocycles. The minimum absolute atomic E-state index is 0.362. The molecule has 3 N–H and O–H groups in total. The number of amides is 1. The molecule has 0 unspecified atom stereocenters. The monoisotopic (exact) mass is 294 g/mol. The van der Waals surface area contributed by atoms with Crippen molar-refractivity contribution in [2.75, 3.05) is 18.9 Å². The summed E-state index contributed by atoms with van der Waals surface area (Å²) >= 11 is 0. The van der Waals surface area contributed by atoms with Gasteiger partial charge in [0, 0.05) is 18.3 Å². The van der Waals surface area contributed by atoms with Gasteiger partial charge in [0.2, 0.25) is 0 Å². The highest BCUT2D eigenvalue weighted by Gasteiger charge is 2.15. The van der Waals surface area contributed by atoms with Crippen molar-refractivity contribution in [3.63, 3.8) is 0 Å². The lowest BCUT2D eigenvalue weighted by Crippen LogP contribution is -2.33. The Morgan fingerprint density at radius 3 is 2.67 bits per heavy atom. The van der Waals surface area contributed by atoms with E-state index in [1.54, 1.807) is 0 Å². The van der Waals surface area contributed by atoms with E-state index in [9.17, 15) is 4.79 Å². The Balaban J connectivity index is 2.01. The van der Waals surface area contributed by atoms with Crippen LogP contribution >= 0.6 is 0 Å². The van der Waals surface area contributed by atoms with Crippen LogP contribution in [0.4, 0.5) is 10.5 Å². The smallest absolute Gasteiger partial charge is 0.407 e. The fourth-order valence-corrected chi connectivity index (χ4v) is 1.70. The van der Waals surface area contributed by atoms with E-state index in [2.05, 4.69) is 5.32 Å². The first-order valence-corrected chi connectivity index (χ1v) is 7.32. The number of benzene rings is 1. The summed E-state index contributed by atoms with van der Waals surface area (Å²) in [5.41, 5.74) is 5.92. The molecule has 0 atom stereocenters. The summed E-state index contributed by atoms with van der Waals surface area (Å²) in [6.07, 6.45) is 2.46. The van der Waals surface area contributed by atoms with Crippen LogP contribution in [0, 0.1) is 0 Å². The summed E-state index contributed by atoms with van der Waals surface area (Å²) in [4.78, 5) is 11.4. The third kappa shape index (κ3) is 8.78. The Morgan fingerprint density at radius 1 is 1.24 bits per heavy atom. The van der Waals surface area contributed by atoms with Gasteiger partial charge in [0.15, 0.2) is 0 Å². The molecule has 118 valence electrons. The first-order valence-electron chi connectivity index (χ1n) is 7.32. The van der Waals surface area contributed by atoms with Gasteiger partial charge in [-0.05, 0) is 52.2 Å². The summed E-state index contributed by atoms with van der Waals surface area (Å²) in [6, 6.07) is 7.40. The van der Waals surface area contributed by atoms with E-state index in [0.29, 0.717) is 18.8 Å². The van der Waals surface area contributed by atoms with Crippen molar-refractivity contribution < 1.29 is 14.3 Å². The van der Waals surface area contributed by atoms with Crippen LogP contribution in [0.15, 0.2) is 24.3 Å². The summed E-state index contributed by atoms with van der Waals surface area (Å²) in [7, 11) is 0. The second-order valence-corrected chi connectivity index (χ2v) is 5.91. The van der Waals surface area contributed by atoms with E-state index in [-0.39, 0.29) is 6.09 Å². The molecule has 1 aromatic rings. The minimum atomic E-state index is -0.449. The van der Waals surface area contributed by atoms with Gasteiger partial charge in [-0.2, -0.15) is 0 Å². The quantitative estimate of drug-likeness (QED) is 0.597. The molecule has 0 aromatic heterocycles. The van der Waals surface area contributed by atoms with Crippen LogP contribution < -0.4 is 15.8 Å². The lowest BCUT2D eigenvalue weighted by atomic mass is 10.2. The Kier molecular flexibility index (Phi) is 6.85. The highest BCUT2D eigenvalue weighted by atomic mass is 16.6. The second kappa shape index (κ2) is 8.39. The zero-order valence-corrected chi connectivity index (χ0v) is 13.1. The molecule has 0 radical (unpaired) electrons. The maximum atomic E-state index is 11.4. The van der Waals surface area contributed by atoms with Gasteiger partial charge in [-0.3, -0.25) is 0 Å². The molecule has 5 heteroatoms. The molecule has 21 heavy (non-hydrogen) atoms. The van der Waals surface area contributed by atoms with E-state index >= 15 is 0 Å². The van der Waals surface area contributed by atoms with Gasteiger partial charge >= 0.3 is 6.09 Å². The summed E-state index contributed by atoms with van der Waals surface area (Å²) in [6.45, 7) is 6.81. The van der Waals surface area contributed by atoms with Gasteiger partial charge in [0.1, 0.15) is 11.4 Å². The lowest BCUT2D eigenvalue weighted by Gasteiger charge is -2.19. The van der Waals surface area contributed by atoms with Crippen molar-refractivity contribution in [3.05, 3.63) is 24.3 Å². The number of nitrogens with one attached hydrogen (secondary N) is 1. The predicted molar refractivity (Wildman–Crippen MR) is 84.4 cm³/mol. The van der Waals surface area contributed by atoms with Crippen molar-refractivity contribution in [2.24, 2.45) is 0 Å². The molecule has 5 nitrogen and oxygen atoms in total. The molecular formula is C16H26N2O3. The van der Waals surface area contributed by atoms with E-state index < -0.39 is 5.60 Å². The highest BCUT2D eigenvalue weighted by molar-refractivity contribution is 5.67. The molecule has 0 aliphatic heterocycles. The van der Waals surface area contributed by atoms with Crippen LogP contribution in [0.2, 0.25) is 0 Å². The molecule has 0 aliphatic rings. The molecule has 1 aromatic carbocycles. The third-order valence-electron chi connectivity index (χ3n) is 2.62. The number of nitrogen functional groups attached to an aromatic ring is 1. The van der Waals surface area contributed by atoms with Crippen molar-refractivity contribution in [1.82, 2.24) is 5.32 Å². The zero-order chi connectivity index (χ0) is 15.7. The number of unbranched alkanes of at least 4 members (excludes halogenated alkanes) is 2. The maximum absolute atomic E-state index is 11.4. The molecular weight excluding hydrogens is 268 g/mol. The molecule has 0 spiro atoms. The number of carbonyl (C=O) groups excluding carboxylic acids is 1. The number of hydrogen-bond donors (Lipinski definition) is 2. The summed E-state index contributed by atoms with van der Waals surface area (Å²) in [5.74, 6) is 0.793. The average Bonchev–Trinajstić information content (AvgIpc) is 2.35. The summed E-state index contributed by atoms with van der Waals surface area (Å²) < 4.78 is 10.7. The zero-order valence-electron chi connectivity index (χ0n) is 13.1. The first-order chi connectivity index (χ1) is 9.87. The van der Waals surface area contributed by atoms with Crippen LogP contribution in [0.25, 0.3) is 0 Å². The van der Waals surface area contributed by atoms with Gasteiger partial charge < -0.3 is 20.5 Å². The van der Waals surface area contributed by atoms with E-state index in [1.807, 2.05) is 45.0 Å². The van der Waals surface area contributed by atoms with Crippen molar-refractivity contribution in [2.45, 2.75) is 45.6 Å². The van der Waals surface area contributed by atoms with Gasteiger partial charge in [-0.15, -0.1) is 0 Å². The van der Waals surface area contributed by atoms with Crippen molar-refractivity contribution in [3.8, 4) is 5.75 Å². The topological polar surface area (TPSA) is 73.6 Å². The predicted octanol–water partition coefficient (Wildman–Crippen LogP) is 3.34. The van der Waals surface area contributed by atoms with E-state index in [4.69, 9.17) is 15.2 Å². The normalized spacial score (nSPS) is 11.0. The fourth-order valence-electron chi connectivity index (χ4n) is 1.70. The molecule has 1 rings (SSSR count). The first kappa shape index (κ1) is 17.1. The minimum Gasteiger partial charge on any atom is -0.494 e. The standard InChI is InChI=1S/C16H26N2O3/c1-16(2,3)21-15(19)18-10-5-4-6-11-20-14-9-7-8-13(17)12-14/h7-9,12H,4-6,10-11,17H2,1-3H3,(H,18,19). The van der Waals surface area contributed by atoms with Crippen molar-refractivity contribution in [1.29, 1.82) is 0 Å². The number of alkyl carbamates (subject to hydrolysis) is 1. The van der Waals surface area contributed by atoms with Crippen molar-refractivity contribution >= 4 is 11.8 Å². The Morgan fingerprint density at radius 2 is 2.00 bits per heavy atom. The van der Waals surface area contributed by atoms with Gasteiger partial charge in [-0.1, -0.05) is 6.07 Å². The van der Waals surface area contributed by atoms with Gasteiger partial charge in [-0.25, -0.2) is 4.79 Å². The van der Waals surface area contributed by atoms with Crippen LogP contribution in [0.5, 0.6) is 5.75 Å². The Hall–Kier alpha value is -1.91. The number of anilines is 1. The largest absolute Gasteiger partial charge is 0.494 e. The molecule has 0 fully saturated rings. The summed E-state index contributed by atoms with van der Waals surface area (Å²) in [5, 5.41) is 2.74. The van der Waals surface area contributed by atoms with Gasteiger partial charge in [0.25, 0.3) is 0 Å². The number of carbonyl (C=O) groups is 1. The molecule has 1 amide bonds. The third-order valence-corrected chi connectivity index (χ3v) is 2.62. The lowest BCUT2D eigenvalue weighted by molar-refractivity contribution is 0.0527.